The second-order valence-corrected chi connectivity index (χ2v) is 8.87. The Balaban J connectivity index is 1.77. The molecule has 1 aromatic heterocycles. The fourth-order valence-electron chi connectivity index (χ4n) is 3.24. The Morgan fingerprint density at radius 3 is 2.64 bits per heavy atom. The Labute approximate surface area is 197 Å². The van der Waals surface area contributed by atoms with Crippen LogP contribution in [-0.2, 0) is 22.4 Å². The SMILES string of the molecule is CC(C)(C)OC(=O)N(NCCc1cc(Cl)ccc1-n1cnnn1)[C@H](C=O)Cc1ccccc1. The van der Waals surface area contributed by atoms with Gasteiger partial charge in [0.15, 0.2) is 0 Å². The normalized spacial score (nSPS) is 12.2. The summed E-state index contributed by atoms with van der Waals surface area (Å²) in [5.41, 5.74) is 4.94. The van der Waals surface area contributed by atoms with Crippen molar-refractivity contribution in [1.82, 2.24) is 30.6 Å². The van der Waals surface area contributed by atoms with Gasteiger partial charge in [-0.15, -0.1) is 5.10 Å². The fourth-order valence-corrected chi connectivity index (χ4v) is 3.44. The summed E-state index contributed by atoms with van der Waals surface area (Å²) < 4.78 is 7.08. The molecule has 0 saturated heterocycles. The van der Waals surface area contributed by atoms with E-state index in [1.54, 1.807) is 31.5 Å². The first-order valence-corrected chi connectivity index (χ1v) is 10.9. The molecule has 0 saturated carbocycles. The maximum atomic E-state index is 12.9. The lowest BCUT2D eigenvalue weighted by molar-refractivity contribution is -0.113. The van der Waals surface area contributed by atoms with Gasteiger partial charge in [-0.25, -0.2) is 19.9 Å². The highest BCUT2D eigenvalue weighted by Gasteiger charge is 2.28. The summed E-state index contributed by atoms with van der Waals surface area (Å²) in [4.78, 5) is 24.9. The van der Waals surface area contributed by atoms with Gasteiger partial charge >= 0.3 is 6.09 Å². The molecule has 0 radical (unpaired) electrons. The minimum atomic E-state index is -0.749. The van der Waals surface area contributed by atoms with Crippen LogP contribution in [0.1, 0.15) is 31.9 Å². The summed E-state index contributed by atoms with van der Waals surface area (Å²) in [5.74, 6) is 0. The molecule has 1 N–H and O–H groups in total. The molecule has 0 aliphatic rings. The van der Waals surface area contributed by atoms with Gasteiger partial charge in [0.25, 0.3) is 0 Å². The number of aldehydes is 1. The van der Waals surface area contributed by atoms with Gasteiger partial charge < -0.3 is 9.53 Å². The van der Waals surface area contributed by atoms with Crippen LogP contribution in [-0.4, -0.2) is 55.8 Å². The zero-order valence-electron chi connectivity index (χ0n) is 18.8. The summed E-state index contributed by atoms with van der Waals surface area (Å²) in [7, 11) is 0. The fraction of sp³-hybridized carbons (Fsp3) is 0.348. The zero-order valence-corrected chi connectivity index (χ0v) is 19.6. The predicted octanol–water partition coefficient (Wildman–Crippen LogP) is 3.41. The van der Waals surface area contributed by atoms with Crippen molar-refractivity contribution in [3.05, 3.63) is 71.0 Å². The number of rotatable bonds is 9. The third-order valence-corrected chi connectivity index (χ3v) is 4.92. The number of tetrazole rings is 1. The molecule has 1 amide bonds. The number of hydrazine groups is 1. The molecule has 1 heterocycles. The number of aromatic nitrogens is 4. The molecule has 3 rings (SSSR count). The van der Waals surface area contributed by atoms with Crippen LogP contribution < -0.4 is 5.43 Å². The van der Waals surface area contributed by atoms with Crippen molar-refractivity contribution in [2.75, 3.05) is 6.54 Å². The lowest BCUT2D eigenvalue weighted by Crippen LogP contribution is -2.53. The summed E-state index contributed by atoms with van der Waals surface area (Å²) in [6, 6.07) is 14.1. The van der Waals surface area contributed by atoms with Crippen molar-refractivity contribution < 1.29 is 14.3 Å². The van der Waals surface area contributed by atoms with E-state index >= 15 is 0 Å². The van der Waals surface area contributed by atoms with Crippen LogP contribution in [0.15, 0.2) is 54.9 Å². The first-order chi connectivity index (χ1) is 15.8. The Kier molecular flexibility index (Phi) is 8.13. The number of benzene rings is 2. The minimum Gasteiger partial charge on any atom is -0.443 e. The van der Waals surface area contributed by atoms with Gasteiger partial charge in [-0.3, -0.25) is 0 Å². The highest BCUT2D eigenvalue weighted by Crippen LogP contribution is 2.20. The van der Waals surface area contributed by atoms with Gasteiger partial charge in [-0.1, -0.05) is 41.9 Å². The molecule has 1 atom stereocenters. The van der Waals surface area contributed by atoms with E-state index in [1.807, 2.05) is 42.5 Å². The van der Waals surface area contributed by atoms with Crippen molar-refractivity contribution in [1.29, 1.82) is 0 Å². The van der Waals surface area contributed by atoms with E-state index in [4.69, 9.17) is 16.3 Å². The summed E-state index contributed by atoms with van der Waals surface area (Å²) in [5, 5.41) is 13.1. The lowest BCUT2D eigenvalue weighted by atomic mass is 10.1. The second-order valence-electron chi connectivity index (χ2n) is 8.43. The van der Waals surface area contributed by atoms with Crippen LogP contribution in [0.2, 0.25) is 5.02 Å². The van der Waals surface area contributed by atoms with Gasteiger partial charge in [-0.05, 0) is 66.9 Å². The first kappa shape index (κ1) is 24.3. The Morgan fingerprint density at radius 1 is 1.24 bits per heavy atom. The molecular formula is C23H27ClN6O3. The van der Waals surface area contributed by atoms with Crippen molar-refractivity contribution in [2.45, 2.75) is 45.3 Å². The van der Waals surface area contributed by atoms with E-state index in [-0.39, 0.29) is 0 Å². The van der Waals surface area contributed by atoms with Crippen LogP contribution in [0, 0.1) is 0 Å². The highest BCUT2D eigenvalue weighted by molar-refractivity contribution is 6.30. The second kappa shape index (κ2) is 11.0. The first-order valence-electron chi connectivity index (χ1n) is 10.5. The number of hydrogen-bond donors (Lipinski definition) is 1. The molecule has 0 aliphatic carbocycles. The Morgan fingerprint density at radius 2 is 2.00 bits per heavy atom. The molecule has 10 heteroatoms. The van der Waals surface area contributed by atoms with Crippen molar-refractivity contribution in [2.24, 2.45) is 0 Å². The standard InChI is InChI=1S/C23H27ClN6O3/c1-23(2,3)33-22(32)30(20(15-31)13-17-7-5-4-6-8-17)26-12-11-18-14-19(24)9-10-21(18)29-16-25-27-28-29/h4-10,14-16,20,26H,11-13H2,1-3H3/t20-/m0/s1. The zero-order chi connectivity index (χ0) is 23.8. The largest absolute Gasteiger partial charge is 0.443 e. The van der Waals surface area contributed by atoms with Crippen molar-refractivity contribution in [3.63, 3.8) is 0 Å². The van der Waals surface area contributed by atoms with Crippen LogP contribution in [0.3, 0.4) is 0 Å². The van der Waals surface area contributed by atoms with E-state index in [0.29, 0.717) is 24.4 Å². The molecule has 9 nitrogen and oxygen atoms in total. The average molecular weight is 471 g/mol. The van der Waals surface area contributed by atoms with Crippen molar-refractivity contribution in [3.8, 4) is 5.69 Å². The van der Waals surface area contributed by atoms with E-state index in [2.05, 4.69) is 21.0 Å². The molecular weight excluding hydrogens is 444 g/mol. The quantitative estimate of drug-likeness (QED) is 0.377. The molecule has 0 spiro atoms. The average Bonchev–Trinajstić information content (AvgIpc) is 3.29. The summed E-state index contributed by atoms with van der Waals surface area (Å²) >= 11 is 6.19. The number of carbonyl (C=O) groups excluding carboxylic acids is 2. The van der Waals surface area contributed by atoms with Gasteiger partial charge in [0.2, 0.25) is 0 Å². The number of ether oxygens (including phenoxy) is 1. The smallest absolute Gasteiger partial charge is 0.425 e. The van der Waals surface area contributed by atoms with Crippen LogP contribution >= 0.6 is 11.6 Å². The van der Waals surface area contributed by atoms with Crippen LogP contribution in [0.5, 0.6) is 0 Å². The summed E-state index contributed by atoms with van der Waals surface area (Å²) in [6.45, 7) is 5.68. The lowest BCUT2D eigenvalue weighted by Gasteiger charge is -2.31. The van der Waals surface area contributed by atoms with E-state index in [9.17, 15) is 9.59 Å². The van der Waals surface area contributed by atoms with E-state index < -0.39 is 17.7 Å². The molecule has 0 bridgehead atoms. The van der Waals surface area contributed by atoms with E-state index in [1.165, 1.54) is 11.3 Å². The number of nitrogens with one attached hydrogen (secondary N) is 1. The Bertz CT molecular complexity index is 1050. The van der Waals surface area contributed by atoms with Crippen LogP contribution in [0.25, 0.3) is 5.69 Å². The van der Waals surface area contributed by atoms with Gasteiger partial charge in [0.1, 0.15) is 24.3 Å². The van der Waals surface area contributed by atoms with Gasteiger partial charge in [0.05, 0.1) is 5.69 Å². The monoisotopic (exact) mass is 470 g/mol. The maximum absolute atomic E-state index is 12.9. The Hall–Kier alpha value is -3.30. The number of nitrogens with zero attached hydrogens (tertiary/aromatic N) is 5. The highest BCUT2D eigenvalue weighted by atomic mass is 35.5. The molecule has 0 fully saturated rings. The maximum Gasteiger partial charge on any atom is 0.425 e. The third kappa shape index (κ3) is 7.10. The number of hydrogen-bond acceptors (Lipinski definition) is 7. The molecule has 2 aromatic carbocycles. The number of amides is 1. The van der Waals surface area contributed by atoms with Crippen molar-refractivity contribution >= 4 is 24.0 Å². The minimum absolute atomic E-state index is 0.341. The van der Waals surface area contributed by atoms with Crippen LogP contribution in [0.4, 0.5) is 4.79 Å². The number of halogens is 1. The summed E-state index contributed by atoms with van der Waals surface area (Å²) in [6.07, 6.45) is 2.46. The predicted molar refractivity (Wildman–Crippen MR) is 124 cm³/mol. The molecule has 0 unspecified atom stereocenters. The topological polar surface area (TPSA) is 102 Å². The third-order valence-electron chi connectivity index (χ3n) is 4.68. The molecule has 0 aliphatic heterocycles. The van der Waals surface area contributed by atoms with Gasteiger partial charge in [-0.2, -0.15) is 0 Å². The van der Waals surface area contributed by atoms with E-state index in [0.717, 1.165) is 23.1 Å². The molecule has 174 valence electrons. The van der Waals surface area contributed by atoms with Gasteiger partial charge in [0, 0.05) is 18.0 Å². The molecule has 3 aromatic rings. The number of carbonyl (C=O) groups is 2. The molecule has 33 heavy (non-hydrogen) atoms.